The van der Waals surface area contributed by atoms with Crippen LogP contribution in [0.25, 0.3) is 0 Å². The molecule has 0 bridgehead atoms. The minimum Gasteiger partial charge on any atom is -0.481 e. The van der Waals surface area contributed by atoms with Gasteiger partial charge >= 0.3 is 0 Å². The minimum absolute atomic E-state index is 0.598. The Morgan fingerprint density at radius 1 is 1.38 bits per heavy atom. The summed E-state index contributed by atoms with van der Waals surface area (Å²) in [6.07, 6.45) is 1.06. The molecule has 5 nitrogen and oxygen atoms in total. The normalized spacial score (nSPS) is 10.2. The minimum atomic E-state index is 0.598. The number of nitrogens with zero attached hydrogens (tertiary/aromatic N) is 3. The third-order valence-electron chi connectivity index (χ3n) is 2.23. The van der Waals surface area contributed by atoms with Crippen molar-refractivity contribution in [3.63, 3.8) is 0 Å². The molecular weight excluding hydrogens is 204 g/mol. The second kappa shape index (κ2) is 6.27. The molecule has 1 rings (SSSR count). The fraction of sp³-hybridized carbons (Fsp3) is 0.636. The first-order valence-electron chi connectivity index (χ1n) is 5.56. The SMILES string of the molecule is CCCN(CCN)c1cc(OC)nc(C)n1. The molecule has 0 spiro atoms. The molecule has 1 heterocycles. The Kier molecular flexibility index (Phi) is 4.98. The first-order chi connectivity index (χ1) is 7.71. The maximum absolute atomic E-state index is 5.59. The molecule has 0 aliphatic rings. The first-order valence-corrected chi connectivity index (χ1v) is 5.56. The van der Waals surface area contributed by atoms with E-state index in [4.69, 9.17) is 10.5 Å². The van der Waals surface area contributed by atoms with Gasteiger partial charge in [0.2, 0.25) is 5.88 Å². The summed E-state index contributed by atoms with van der Waals surface area (Å²) in [5, 5.41) is 0. The van der Waals surface area contributed by atoms with Crippen molar-refractivity contribution in [1.29, 1.82) is 0 Å². The van der Waals surface area contributed by atoms with Gasteiger partial charge in [0.1, 0.15) is 11.6 Å². The van der Waals surface area contributed by atoms with Gasteiger partial charge in [0.15, 0.2) is 0 Å². The van der Waals surface area contributed by atoms with Crippen LogP contribution in [0.3, 0.4) is 0 Å². The molecule has 0 unspecified atom stereocenters. The predicted molar refractivity (Wildman–Crippen MR) is 64.9 cm³/mol. The zero-order valence-corrected chi connectivity index (χ0v) is 10.2. The highest BCUT2D eigenvalue weighted by molar-refractivity contribution is 5.41. The van der Waals surface area contributed by atoms with E-state index in [2.05, 4.69) is 21.8 Å². The second-order valence-electron chi connectivity index (χ2n) is 3.59. The highest BCUT2D eigenvalue weighted by Gasteiger charge is 2.09. The Morgan fingerprint density at radius 3 is 2.69 bits per heavy atom. The van der Waals surface area contributed by atoms with Gasteiger partial charge in [-0.3, -0.25) is 0 Å². The fourth-order valence-corrected chi connectivity index (χ4v) is 1.56. The molecule has 16 heavy (non-hydrogen) atoms. The van der Waals surface area contributed by atoms with E-state index in [0.29, 0.717) is 18.2 Å². The van der Waals surface area contributed by atoms with Crippen molar-refractivity contribution in [2.75, 3.05) is 31.6 Å². The van der Waals surface area contributed by atoms with Crippen LogP contribution in [0.2, 0.25) is 0 Å². The standard InChI is InChI=1S/C11H20N4O/c1-4-6-15(7-5-12)10-8-11(16-3)14-9(2)13-10/h8H,4-7,12H2,1-3H3. The summed E-state index contributed by atoms with van der Waals surface area (Å²) in [6.45, 7) is 6.35. The number of rotatable bonds is 6. The summed E-state index contributed by atoms with van der Waals surface area (Å²) in [6, 6.07) is 1.85. The predicted octanol–water partition coefficient (Wildman–Crippen LogP) is 0.969. The van der Waals surface area contributed by atoms with Gasteiger partial charge in [0.25, 0.3) is 0 Å². The van der Waals surface area contributed by atoms with Gasteiger partial charge < -0.3 is 15.4 Å². The average Bonchev–Trinajstić information content (AvgIpc) is 2.28. The lowest BCUT2D eigenvalue weighted by Crippen LogP contribution is -2.31. The average molecular weight is 224 g/mol. The topological polar surface area (TPSA) is 64.3 Å². The summed E-state index contributed by atoms with van der Waals surface area (Å²) in [4.78, 5) is 10.7. The van der Waals surface area contributed by atoms with E-state index in [-0.39, 0.29) is 0 Å². The van der Waals surface area contributed by atoms with E-state index in [1.807, 2.05) is 13.0 Å². The molecule has 0 saturated carbocycles. The number of methoxy groups -OCH3 is 1. The maximum Gasteiger partial charge on any atom is 0.218 e. The summed E-state index contributed by atoms with van der Waals surface area (Å²) in [5.41, 5.74) is 5.59. The number of nitrogens with two attached hydrogens (primary N) is 1. The van der Waals surface area contributed by atoms with E-state index < -0.39 is 0 Å². The number of aryl methyl sites for hydroxylation is 1. The lowest BCUT2D eigenvalue weighted by atomic mass is 10.3. The number of aromatic nitrogens is 2. The molecular formula is C11H20N4O. The van der Waals surface area contributed by atoms with Gasteiger partial charge in [-0.1, -0.05) is 6.92 Å². The van der Waals surface area contributed by atoms with Crippen LogP contribution in [0, 0.1) is 6.92 Å². The third kappa shape index (κ3) is 3.34. The van der Waals surface area contributed by atoms with E-state index in [1.165, 1.54) is 0 Å². The maximum atomic E-state index is 5.59. The smallest absolute Gasteiger partial charge is 0.218 e. The van der Waals surface area contributed by atoms with Gasteiger partial charge in [0.05, 0.1) is 7.11 Å². The molecule has 0 saturated heterocycles. The van der Waals surface area contributed by atoms with Crippen LogP contribution in [0.1, 0.15) is 19.2 Å². The van der Waals surface area contributed by atoms with Crippen molar-refractivity contribution in [3.05, 3.63) is 11.9 Å². The lowest BCUT2D eigenvalue weighted by molar-refractivity contribution is 0.395. The second-order valence-corrected chi connectivity index (χ2v) is 3.59. The molecule has 0 radical (unpaired) electrons. The number of hydrogen-bond donors (Lipinski definition) is 1. The highest BCUT2D eigenvalue weighted by atomic mass is 16.5. The summed E-state index contributed by atoms with van der Waals surface area (Å²) >= 11 is 0. The molecule has 1 aromatic heterocycles. The van der Waals surface area contributed by atoms with Gasteiger partial charge in [-0.05, 0) is 13.3 Å². The molecule has 0 aliphatic carbocycles. The van der Waals surface area contributed by atoms with Crippen molar-refractivity contribution >= 4 is 5.82 Å². The summed E-state index contributed by atoms with van der Waals surface area (Å²) in [5.74, 6) is 2.20. The van der Waals surface area contributed by atoms with Crippen molar-refractivity contribution in [2.45, 2.75) is 20.3 Å². The van der Waals surface area contributed by atoms with Crippen LogP contribution >= 0.6 is 0 Å². The molecule has 0 fully saturated rings. The van der Waals surface area contributed by atoms with Crippen molar-refractivity contribution in [1.82, 2.24) is 9.97 Å². The Hall–Kier alpha value is -1.36. The zero-order valence-electron chi connectivity index (χ0n) is 10.2. The summed E-state index contributed by atoms with van der Waals surface area (Å²) < 4.78 is 5.13. The molecule has 5 heteroatoms. The Morgan fingerprint density at radius 2 is 2.12 bits per heavy atom. The molecule has 1 aromatic rings. The number of anilines is 1. The molecule has 0 aliphatic heterocycles. The van der Waals surface area contributed by atoms with Gasteiger partial charge in [-0.2, -0.15) is 4.98 Å². The van der Waals surface area contributed by atoms with Crippen LogP contribution in [-0.4, -0.2) is 36.7 Å². The number of hydrogen-bond acceptors (Lipinski definition) is 5. The van der Waals surface area contributed by atoms with Crippen molar-refractivity contribution < 1.29 is 4.74 Å². The highest BCUT2D eigenvalue weighted by Crippen LogP contribution is 2.17. The lowest BCUT2D eigenvalue weighted by Gasteiger charge is -2.22. The molecule has 2 N–H and O–H groups in total. The fourth-order valence-electron chi connectivity index (χ4n) is 1.56. The van der Waals surface area contributed by atoms with Crippen molar-refractivity contribution in [3.8, 4) is 5.88 Å². The third-order valence-corrected chi connectivity index (χ3v) is 2.23. The van der Waals surface area contributed by atoms with E-state index in [0.717, 1.165) is 25.3 Å². The van der Waals surface area contributed by atoms with Gasteiger partial charge in [0, 0.05) is 25.7 Å². The first kappa shape index (κ1) is 12.7. The monoisotopic (exact) mass is 224 g/mol. The van der Waals surface area contributed by atoms with E-state index in [9.17, 15) is 0 Å². The Labute approximate surface area is 96.6 Å². The van der Waals surface area contributed by atoms with Gasteiger partial charge in [-0.25, -0.2) is 4.98 Å². The van der Waals surface area contributed by atoms with Crippen LogP contribution in [0.4, 0.5) is 5.82 Å². The molecule has 0 aromatic carbocycles. The van der Waals surface area contributed by atoms with Gasteiger partial charge in [-0.15, -0.1) is 0 Å². The zero-order chi connectivity index (χ0) is 12.0. The molecule has 90 valence electrons. The largest absolute Gasteiger partial charge is 0.481 e. The Bertz CT molecular complexity index is 324. The van der Waals surface area contributed by atoms with E-state index >= 15 is 0 Å². The summed E-state index contributed by atoms with van der Waals surface area (Å²) in [7, 11) is 1.61. The van der Waals surface area contributed by atoms with Crippen LogP contribution in [0.5, 0.6) is 5.88 Å². The molecule has 0 atom stereocenters. The van der Waals surface area contributed by atoms with Crippen LogP contribution in [0.15, 0.2) is 6.07 Å². The van der Waals surface area contributed by atoms with Crippen LogP contribution < -0.4 is 15.4 Å². The van der Waals surface area contributed by atoms with E-state index in [1.54, 1.807) is 7.11 Å². The Balaban J connectivity index is 2.93. The quantitative estimate of drug-likeness (QED) is 0.780. The molecule has 0 amide bonds. The van der Waals surface area contributed by atoms with Crippen LogP contribution in [-0.2, 0) is 0 Å². The van der Waals surface area contributed by atoms with Crippen molar-refractivity contribution in [2.24, 2.45) is 5.73 Å². The number of ether oxygens (including phenoxy) is 1.